The van der Waals surface area contributed by atoms with Gasteiger partial charge in [0.2, 0.25) is 0 Å². The zero-order chi connectivity index (χ0) is 16.6. The van der Waals surface area contributed by atoms with Crippen LogP contribution in [0.1, 0.15) is 18.1 Å². The van der Waals surface area contributed by atoms with Crippen molar-refractivity contribution in [2.45, 2.75) is 20.5 Å². The van der Waals surface area contributed by atoms with Gasteiger partial charge in [-0.15, -0.1) is 0 Å². The van der Waals surface area contributed by atoms with Gasteiger partial charge >= 0.3 is 7.82 Å². The van der Waals surface area contributed by atoms with E-state index >= 15 is 0 Å². The number of aliphatic hydroxyl groups excluding tert-OH is 1. The molecule has 0 saturated heterocycles. The van der Waals surface area contributed by atoms with Gasteiger partial charge in [0.1, 0.15) is 0 Å². The summed E-state index contributed by atoms with van der Waals surface area (Å²) < 4.78 is 33.8. The number of rotatable bonds is 10. The van der Waals surface area contributed by atoms with E-state index in [1.54, 1.807) is 26.1 Å². The van der Waals surface area contributed by atoms with Gasteiger partial charge in [-0.3, -0.25) is 9.05 Å². The Bertz CT molecular complexity index is 497. The van der Waals surface area contributed by atoms with Crippen molar-refractivity contribution in [2.75, 3.05) is 33.9 Å². The van der Waals surface area contributed by atoms with Crippen LogP contribution in [-0.2, 0) is 20.2 Å². The van der Waals surface area contributed by atoms with Gasteiger partial charge in [-0.2, -0.15) is 0 Å². The molecule has 126 valence electrons. The average Bonchev–Trinajstić information content (AvgIpc) is 2.49. The van der Waals surface area contributed by atoms with Gasteiger partial charge in [-0.1, -0.05) is 0 Å². The Hall–Kier alpha value is -1.11. The zero-order valence-electron chi connectivity index (χ0n) is 13.4. The smallest absolute Gasteiger partial charge is 0.493 e. The number of benzene rings is 1. The van der Waals surface area contributed by atoms with E-state index in [0.29, 0.717) is 17.9 Å². The molecule has 0 bridgehead atoms. The predicted octanol–water partition coefficient (Wildman–Crippen LogP) is 2.26. The fourth-order valence-electron chi connectivity index (χ4n) is 1.80. The van der Waals surface area contributed by atoms with Crippen molar-refractivity contribution in [1.82, 2.24) is 5.32 Å². The molecule has 0 heterocycles. The lowest BCUT2D eigenvalue weighted by Gasteiger charge is -2.21. The Morgan fingerprint density at radius 3 is 2.59 bits per heavy atom. The lowest BCUT2D eigenvalue weighted by Crippen LogP contribution is -2.15. The van der Waals surface area contributed by atoms with Crippen LogP contribution >= 0.6 is 7.82 Å². The Morgan fingerprint density at radius 1 is 1.32 bits per heavy atom. The summed E-state index contributed by atoms with van der Waals surface area (Å²) in [5.41, 5.74) is 1.34. The van der Waals surface area contributed by atoms with Crippen molar-refractivity contribution in [1.29, 1.82) is 0 Å². The summed E-state index contributed by atoms with van der Waals surface area (Å²) in [5.74, 6) is 0.526. The Balaban J connectivity index is 3.09. The summed E-state index contributed by atoms with van der Waals surface area (Å²) in [6.45, 7) is 4.10. The molecule has 7 nitrogen and oxygen atoms in total. The number of likely N-dealkylation sites (N-methyl/N-ethyl adjacent to an activating group) is 1. The van der Waals surface area contributed by atoms with Crippen LogP contribution < -0.4 is 14.6 Å². The predicted molar refractivity (Wildman–Crippen MR) is 83.4 cm³/mol. The molecule has 1 aromatic carbocycles. The summed E-state index contributed by atoms with van der Waals surface area (Å²) in [6.07, 6.45) is 0. The highest BCUT2D eigenvalue weighted by atomic mass is 31.2. The van der Waals surface area contributed by atoms with Gasteiger partial charge in [0.05, 0.1) is 26.9 Å². The lowest BCUT2D eigenvalue weighted by molar-refractivity contribution is 0.159. The van der Waals surface area contributed by atoms with Gasteiger partial charge < -0.3 is 19.7 Å². The number of nitrogens with one attached hydrogen (secondary N) is 1. The third-order valence-electron chi connectivity index (χ3n) is 2.76. The summed E-state index contributed by atoms with van der Waals surface area (Å²) >= 11 is 0. The second-order valence-electron chi connectivity index (χ2n) is 4.51. The molecule has 0 aliphatic heterocycles. The molecule has 22 heavy (non-hydrogen) atoms. The number of methoxy groups -OCH3 is 1. The maximum absolute atomic E-state index is 12.6. The Labute approximate surface area is 131 Å². The Kier molecular flexibility index (Phi) is 7.85. The minimum absolute atomic E-state index is 0.163. The van der Waals surface area contributed by atoms with Crippen molar-refractivity contribution in [3.63, 3.8) is 0 Å². The molecule has 0 aliphatic rings. The third-order valence-corrected chi connectivity index (χ3v) is 4.24. The SMILES string of the molecule is CCOP(=O)(OCCNC)Oc1c(CO)cc(C)cc1OC. The Morgan fingerprint density at radius 2 is 2.05 bits per heavy atom. The maximum Gasteiger partial charge on any atom is 0.530 e. The number of aryl methyl sites for hydroxylation is 1. The van der Waals surface area contributed by atoms with Crippen LogP contribution in [0.4, 0.5) is 0 Å². The minimum Gasteiger partial charge on any atom is -0.493 e. The minimum atomic E-state index is -3.80. The number of phosphoric acid groups is 1. The molecule has 1 atom stereocenters. The van der Waals surface area contributed by atoms with Crippen LogP contribution in [0.15, 0.2) is 12.1 Å². The van der Waals surface area contributed by atoms with Crippen LogP contribution in [0.3, 0.4) is 0 Å². The highest BCUT2D eigenvalue weighted by Crippen LogP contribution is 2.52. The number of hydrogen-bond acceptors (Lipinski definition) is 7. The molecular weight excluding hydrogens is 309 g/mol. The summed E-state index contributed by atoms with van der Waals surface area (Å²) in [5, 5.41) is 12.4. The van der Waals surface area contributed by atoms with Crippen LogP contribution in [0.5, 0.6) is 11.5 Å². The largest absolute Gasteiger partial charge is 0.530 e. The first-order chi connectivity index (χ1) is 10.5. The van der Waals surface area contributed by atoms with Gasteiger partial charge in [0.25, 0.3) is 0 Å². The summed E-state index contributed by atoms with van der Waals surface area (Å²) in [6, 6.07) is 3.44. The van der Waals surface area contributed by atoms with Crippen LogP contribution in [0.2, 0.25) is 0 Å². The van der Waals surface area contributed by atoms with E-state index in [1.807, 2.05) is 6.92 Å². The van der Waals surface area contributed by atoms with Crippen LogP contribution in [-0.4, -0.2) is 39.0 Å². The molecule has 1 rings (SSSR count). The van der Waals surface area contributed by atoms with E-state index in [-0.39, 0.29) is 25.6 Å². The van der Waals surface area contributed by atoms with E-state index in [2.05, 4.69) is 5.32 Å². The highest BCUT2D eigenvalue weighted by molar-refractivity contribution is 7.48. The molecule has 1 unspecified atom stereocenters. The second kappa shape index (κ2) is 9.12. The first-order valence-electron chi connectivity index (χ1n) is 7.01. The number of aliphatic hydroxyl groups is 1. The standard InChI is InChI=1S/C14H24NO6P/c1-5-19-22(17,20-7-6-15-3)21-14-12(10-16)8-11(2)9-13(14)18-4/h8-9,15-16H,5-7,10H2,1-4H3. The summed E-state index contributed by atoms with van der Waals surface area (Å²) in [4.78, 5) is 0. The molecule has 0 radical (unpaired) electrons. The number of phosphoric ester groups is 1. The fraction of sp³-hybridized carbons (Fsp3) is 0.571. The van der Waals surface area contributed by atoms with Crippen molar-refractivity contribution in [2.24, 2.45) is 0 Å². The van der Waals surface area contributed by atoms with E-state index in [1.165, 1.54) is 7.11 Å². The number of hydrogen-bond donors (Lipinski definition) is 2. The molecule has 0 spiro atoms. The fourth-order valence-corrected chi connectivity index (χ4v) is 3.05. The molecule has 8 heteroatoms. The third kappa shape index (κ3) is 5.26. The highest BCUT2D eigenvalue weighted by Gasteiger charge is 2.30. The molecular formula is C14H24NO6P. The zero-order valence-corrected chi connectivity index (χ0v) is 14.3. The molecule has 0 amide bonds. The summed E-state index contributed by atoms with van der Waals surface area (Å²) in [7, 11) is -0.576. The monoisotopic (exact) mass is 333 g/mol. The topological polar surface area (TPSA) is 86.3 Å². The second-order valence-corrected chi connectivity index (χ2v) is 6.10. The van der Waals surface area contributed by atoms with Gasteiger partial charge in [-0.25, -0.2) is 4.57 Å². The average molecular weight is 333 g/mol. The van der Waals surface area contributed by atoms with Crippen molar-refractivity contribution in [3.8, 4) is 11.5 Å². The van der Waals surface area contributed by atoms with E-state index in [0.717, 1.165) is 5.56 Å². The van der Waals surface area contributed by atoms with E-state index in [4.69, 9.17) is 18.3 Å². The normalized spacial score (nSPS) is 13.7. The first-order valence-corrected chi connectivity index (χ1v) is 8.47. The molecule has 0 aromatic heterocycles. The van der Waals surface area contributed by atoms with Crippen LogP contribution in [0, 0.1) is 6.92 Å². The van der Waals surface area contributed by atoms with Crippen LogP contribution in [0.25, 0.3) is 0 Å². The van der Waals surface area contributed by atoms with Crippen molar-refractivity contribution < 1.29 is 28.0 Å². The van der Waals surface area contributed by atoms with Gasteiger partial charge in [0.15, 0.2) is 11.5 Å². The molecule has 0 saturated carbocycles. The molecule has 1 aromatic rings. The van der Waals surface area contributed by atoms with Gasteiger partial charge in [0, 0.05) is 12.1 Å². The molecule has 2 N–H and O–H groups in total. The number of ether oxygens (including phenoxy) is 1. The molecule has 0 fully saturated rings. The van der Waals surface area contributed by atoms with E-state index in [9.17, 15) is 9.67 Å². The quantitative estimate of drug-likeness (QED) is 0.502. The first kappa shape index (κ1) is 18.9. The molecule has 0 aliphatic carbocycles. The lowest BCUT2D eigenvalue weighted by atomic mass is 10.1. The van der Waals surface area contributed by atoms with Gasteiger partial charge in [-0.05, 0) is 38.6 Å². The van der Waals surface area contributed by atoms with Crippen molar-refractivity contribution >= 4 is 7.82 Å². The van der Waals surface area contributed by atoms with Crippen molar-refractivity contribution in [3.05, 3.63) is 23.3 Å². The maximum atomic E-state index is 12.6. The van der Waals surface area contributed by atoms with E-state index < -0.39 is 7.82 Å².